The lowest BCUT2D eigenvalue weighted by atomic mass is 10.4. The van der Waals surface area contributed by atoms with Gasteiger partial charge in [0.2, 0.25) is 0 Å². The third-order valence-electron chi connectivity index (χ3n) is 1.73. The van der Waals surface area contributed by atoms with Gasteiger partial charge in [-0.3, -0.25) is 4.79 Å². The molecule has 0 amide bonds. The molecule has 68 valence electrons. The fraction of sp³-hybridized carbons (Fsp3) is 0.333. The van der Waals surface area contributed by atoms with Crippen LogP contribution < -0.4 is 0 Å². The van der Waals surface area contributed by atoms with Crippen molar-refractivity contribution in [1.29, 1.82) is 5.26 Å². The normalized spacial score (nSPS) is 9.23. The van der Waals surface area contributed by atoms with Crippen LogP contribution in [0.3, 0.4) is 0 Å². The van der Waals surface area contributed by atoms with Crippen molar-refractivity contribution in [3.63, 3.8) is 0 Å². The number of carbonyl (C=O) groups excluding carboxylic acids is 1. The summed E-state index contributed by atoms with van der Waals surface area (Å²) >= 11 is 0. The Labute approximate surface area is 76.3 Å². The number of aromatic nitrogens is 1. The van der Waals surface area contributed by atoms with E-state index in [1.807, 2.05) is 6.07 Å². The Balaban J connectivity index is 2.55. The summed E-state index contributed by atoms with van der Waals surface area (Å²) in [6.07, 6.45) is 2.06. The Bertz CT molecular complexity index is 336. The van der Waals surface area contributed by atoms with E-state index in [0.717, 1.165) is 0 Å². The van der Waals surface area contributed by atoms with Gasteiger partial charge in [0, 0.05) is 12.7 Å². The average molecular weight is 178 g/mol. The van der Waals surface area contributed by atoms with Crippen LogP contribution in [0.25, 0.3) is 0 Å². The van der Waals surface area contributed by atoms with Gasteiger partial charge < -0.3 is 9.30 Å². The van der Waals surface area contributed by atoms with Gasteiger partial charge >= 0.3 is 5.97 Å². The minimum Gasteiger partial charge on any atom is -0.469 e. The molecule has 0 saturated heterocycles. The van der Waals surface area contributed by atoms with Gasteiger partial charge in [0.1, 0.15) is 11.8 Å². The molecule has 0 aliphatic heterocycles. The van der Waals surface area contributed by atoms with Gasteiger partial charge in [0.05, 0.1) is 13.5 Å². The first-order valence-electron chi connectivity index (χ1n) is 3.90. The minimum atomic E-state index is -0.266. The molecule has 4 heteroatoms. The van der Waals surface area contributed by atoms with Crippen molar-refractivity contribution >= 4 is 5.97 Å². The molecule has 4 nitrogen and oxygen atoms in total. The predicted molar refractivity (Wildman–Crippen MR) is 45.8 cm³/mol. The van der Waals surface area contributed by atoms with Gasteiger partial charge in [-0.1, -0.05) is 0 Å². The van der Waals surface area contributed by atoms with Crippen LogP contribution in [-0.4, -0.2) is 17.6 Å². The molecule has 0 bridgehead atoms. The number of methoxy groups -OCH3 is 1. The molecule has 0 spiro atoms. The van der Waals surface area contributed by atoms with E-state index >= 15 is 0 Å². The predicted octanol–water partition coefficient (Wildman–Crippen LogP) is 0.923. The summed E-state index contributed by atoms with van der Waals surface area (Å²) in [4.78, 5) is 10.8. The first-order valence-corrected chi connectivity index (χ1v) is 3.90. The van der Waals surface area contributed by atoms with Crippen LogP contribution in [0, 0.1) is 11.3 Å². The maximum absolute atomic E-state index is 10.8. The third-order valence-corrected chi connectivity index (χ3v) is 1.73. The van der Waals surface area contributed by atoms with Crippen LogP contribution >= 0.6 is 0 Å². The number of esters is 1. The van der Waals surface area contributed by atoms with Crippen molar-refractivity contribution in [2.24, 2.45) is 0 Å². The molecular weight excluding hydrogens is 168 g/mol. The average Bonchev–Trinajstić information content (AvgIpc) is 2.61. The number of hydrogen-bond acceptors (Lipinski definition) is 3. The van der Waals surface area contributed by atoms with Gasteiger partial charge in [0.15, 0.2) is 0 Å². The summed E-state index contributed by atoms with van der Waals surface area (Å²) in [5, 5.41) is 8.64. The quantitative estimate of drug-likeness (QED) is 0.647. The lowest BCUT2D eigenvalue weighted by Gasteiger charge is -2.02. The van der Waals surface area contributed by atoms with E-state index < -0.39 is 0 Å². The zero-order valence-electron chi connectivity index (χ0n) is 7.36. The van der Waals surface area contributed by atoms with Crippen molar-refractivity contribution in [3.05, 3.63) is 24.0 Å². The molecule has 0 aliphatic rings. The van der Waals surface area contributed by atoms with Crippen LogP contribution in [0.4, 0.5) is 0 Å². The fourth-order valence-corrected chi connectivity index (χ4v) is 1.02. The Kier molecular flexibility index (Phi) is 3.09. The third kappa shape index (κ3) is 2.34. The summed E-state index contributed by atoms with van der Waals surface area (Å²) in [6.45, 7) is 0.489. The molecule has 0 radical (unpaired) electrons. The van der Waals surface area contributed by atoms with Crippen molar-refractivity contribution < 1.29 is 9.53 Å². The maximum Gasteiger partial charge on any atom is 0.307 e. The Morgan fingerprint density at radius 1 is 1.77 bits per heavy atom. The molecule has 0 unspecified atom stereocenters. The van der Waals surface area contributed by atoms with Crippen molar-refractivity contribution in [3.8, 4) is 6.07 Å². The highest BCUT2D eigenvalue weighted by Gasteiger charge is 2.03. The smallest absolute Gasteiger partial charge is 0.307 e. The molecular formula is C9H10N2O2. The molecule has 1 rings (SSSR count). The summed E-state index contributed by atoms with van der Waals surface area (Å²) in [7, 11) is 1.35. The molecule has 0 atom stereocenters. The second-order valence-electron chi connectivity index (χ2n) is 2.52. The van der Waals surface area contributed by atoms with E-state index in [2.05, 4.69) is 4.74 Å². The van der Waals surface area contributed by atoms with E-state index in [4.69, 9.17) is 5.26 Å². The van der Waals surface area contributed by atoms with E-state index in [-0.39, 0.29) is 5.97 Å². The molecule has 0 saturated carbocycles. The zero-order chi connectivity index (χ0) is 9.68. The molecule has 0 aliphatic carbocycles. The van der Waals surface area contributed by atoms with E-state index in [1.54, 1.807) is 22.9 Å². The highest BCUT2D eigenvalue weighted by molar-refractivity contribution is 5.69. The van der Waals surface area contributed by atoms with Gasteiger partial charge in [-0.2, -0.15) is 5.26 Å². The molecule has 1 aromatic heterocycles. The van der Waals surface area contributed by atoms with Crippen LogP contribution in [0.5, 0.6) is 0 Å². The highest BCUT2D eigenvalue weighted by Crippen LogP contribution is 2.01. The lowest BCUT2D eigenvalue weighted by Crippen LogP contribution is -2.07. The van der Waals surface area contributed by atoms with E-state index in [1.165, 1.54) is 7.11 Å². The molecule has 0 aromatic carbocycles. The monoisotopic (exact) mass is 178 g/mol. The number of ether oxygens (including phenoxy) is 1. The minimum absolute atomic E-state index is 0.266. The van der Waals surface area contributed by atoms with Crippen molar-refractivity contribution in [2.45, 2.75) is 13.0 Å². The summed E-state index contributed by atoms with van der Waals surface area (Å²) in [6, 6.07) is 5.51. The fourth-order valence-electron chi connectivity index (χ4n) is 1.02. The first-order chi connectivity index (χ1) is 6.27. The topological polar surface area (TPSA) is 55.0 Å². The van der Waals surface area contributed by atoms with Gasteiger partial charge in [-0.25, -0.2) is 0 Å². The molecule has 1 aromatic rings. The number of aryl methyl sites for hydroxylation is 1. The first kappa shape index (κ1) is 9.33. The lowest BCUT2D eigenvalue weighted by molar-refractivity contribution is -0.140. The number of carbonyl (C=O) groups is 1. The maximum atomic E-state index is 10.8. The second-order valence-corrected chi connectivity index (χ2v) is 2.52. The van der Waals surface area contributed by atoms with Crippen LogP contribution in [0.1, 0.15) is 12.1 Å². The van der Waals surface area contributed by atoms with Crippen LogP contribution in [0.15, 0.2) is 18.3 Å². The Morgan fingerprint density at radius 2 is 2.54 bits per heavy atom. The summed E-state index contributed by atoms with van der Waals surface area (Å²) < 4.78 is 6.21. The number of hydrogen-bond donors (Lipinski definition) is 0. The zero-order valence-corrected chi connectivity index (χ0v) is 7.36. The SMILES string of the molecule is COC(=O)CCn1cccc1C#N. The van der Waals surface area contributed by atoms with Gasteiger partial charge in [0.25, 0.3) is 0 Å². The molecule has 13 heavy (non-hydrogen) atoms. The van der Waals surface area contributed by atoms with Crippen molar-refractivity contribution in [2.75, 3.05) is 7.11 Å². The van der Waals surface area contributed by atoms with E-state index in [9.17, 15) is 4.79 Å². The van der Waals surface area contributed by atoms with Crippen LogP contribution in [0.2, 0.25) is 0 Å². The standard InChI is InChI=1S/C9H10N2O2/c1-13-9(12)4-6-11-5-2-3-8(11)7-10/h2-3,5H,4,6H2,1H3. The highest BCUT2D eigenvalue weighted by atomic mass is 16.5. The van der Waals surface area contributed by atoms with Crippen LogP contribution in [-0.2, 0) is 16.1 Å². The Morgan fingerprint density at radius 3 is 3.15 bits per heavy atom. The van der Waals surface area contributed by atoms with Crippen molar-refractivity contribution in [1.82, 2.24) is 4.57 Å². The number of nitrogens with zero attached hydrogens (tertiary/aromatic N) is 2. The molecule has 0 fully saturated rings. The summed E-state index contributed by atoms with van der Waals surface area (Å²) in [5.74, 6) is -0.266. The number of rotatable bonds is 3. The molecule has 0 N–H and O–H groups in total. The second kappa shape index (κ2) is 4.31. The van der Waals surface area contributed by atoms with Gasteiger partial charge in [-0.05, 0) is 12.1 Å². The van der Waals surface area contributed by atoms with E-state index in [0.29, 0.717) is 18.7 Å². The summed E-state index contributed by atoms with van der Waals surface area (Å²) in [5.41, 5.74) is 0.559. The molecule has 1 heterocycles. The van der Waals surface area contributed by atoms with Gasteiger partial charge in [-0.15, -0.1) is 0 Å². The number of nitriles is 1. The Hall–Kier alpha value is -1.76. The largest absolute Gasteiger partial charge is 0.469 e.